The Kier molecular flexibility index (Phi) is 5.64. The van der Waals surface area contributed by atoms with Crippen molar-refractivity contribution in [2.75, 3.05) is 31.7 Å². The highest BCUT2D eigenvalue weighted by Gasteiger charge is 2.17. The Bertz CT molecular complexity index is 462. The number of benzene rings is 1. The standard InChI is InChI=1S/C14H19ClN2O3/c1-2-20-13-7-10(15)3-4-12(13)17-14(18)8-11-9-19-6-5-16-11/h3-4,7,11,16H,2,5-6,8-9H2,1H3,(H,17,18). The predicted octanol–water partition coefficient (Wildman–Crippen LogP) is 2.06. The normalized spacial score (nSPS) is 18.6. The van der Waals surface area contributed by atoms with Crippen LogP contribution in [0.2, 0.25) is 5.02 Å². The third-order valence-electron chi connectivity index (χ3n) is 2.95. The molecule has 1 saturated heterocycles. The monoisotopic (exact) mass is 298 g/mol. The summed E-state index contributed by atoms with van der Waals surface area (Å²) in [7, 11) is 0. The number of rotatable bonds is 5. The van der Waals surface area contributed by atoms with E-state index in [-0.39, 0.29) is 11.9 Å². The van der Waals surface area contributed by atoms with Crippen molar-refractivity contribution in [1.82, 2.24) is 5.32 Å². The van der Waals surface area contributed by atoms with E-state index < -0.39 is 0 Å². The molecule has 0 bridgehead atoms. The number of hydrogen-bond donors (Lipinski definition) is 2. The third kappa shape index (κ3) is 4.37. The zero-order valence-electron chi connectivity index (χ0n) is 11.4. The maximum Gasteiger partial charge on any atom is 0.226 e. The lowest BCUT2D eigenvalue weighted by atomic mass is 10.2. The lowest BCUT2D eigenvalue weighted by Gasteiger charge is -2.23. The van der Waals surface area contributed by atoms with Crippen LogP contribution in [-0.4, -0.2) is 38.3 Å². The van der Waals surface area contributed by atoms with E-state index in [0.717, 1.165) is 6.54 Å². The Balaban J connectivity index is 1.96. The van der Waals surface area contributed by atoms with Crippen LogP contribution in [0.15, 0.2) is 18.2 Å². The molecule has 1 aromatic rings. The number of ether oxygens (including phenoxy) is 2. The van der Waals surface area contributed by atoms with Crippen LogP contribution in [0.5, 0.6) is 5.75 Å². The molecule has 2 N–H and O–H groups in total. The van der Waals surface area contributed by atoms with Gasteiger partial charge in [0.05, 0.1) is 25.5 Å². The predicted molar refractivity (Wildman–Crippen MR) is 78.5 cm³/mol. The van der Waals surface area contributed by atoms with Gasteiger partial charge in [0, 0.05) is 30.1 Å². The highest BCUT2D eigenvalue weighted by atomic mass is 35.5. The van der Waals surface area contributed by atoms with Crippen molar-refractivity contribution in [2.24, 2.45) is 0 Å². The van der Waals surface area contributed by atoms with Gasteiger partial charge in [0.25, 0.3) is 0 Å². The van der Waals surface area contributed by atoms with E-state index in [1.807, 2.05) is 6.92 Å². The SMILES string of the molecule is CCOc1cc(Cl)ccc1NC(=O)CC1COCCN1. The van der Waals surface area contributed by atoms with Gasteiger partial charge in [-0.05, 0) is 19.1 Å². The van der Waals surface area contributed by atoms with Crippen LogP contribution in [0.3, 0.4) is 0 Å². The van der Waals surface area contributed by atoms with Gasteiger partial charge < -0.3 is 20.1 Å². The molecule has 1 unspecified atom stereocenters. The van der Waals surface area contributed by atoms with E-state index in [1.54, 1.807) is 18.2 Å². The van der Waals surface area contributed by atoms with Crippen LogP contribution in [0, 0.1) is 0 Å². The molecule has 0 aromatic heterocycles. The van der Waals surface area contributed by atoms with Crippen LogP contribution >= 0.6 is 11.6 Å². The molecule has 1 amide bonds. The van der Waals surface area contributed by atoms with E-state index in [9.17, 15) is 4.79 Å². The Hall–Kier alpha value is -1.30. The van der Waals surface area contributed by atoms with Gasteiger partial charge in [0.15, 0.2) is 0 Å². The molecule has 1 aliphatic heterocycles. The first-order chi connectivity index (χ1) is 9.69. The number of hydrogen-bond acceptors (Lipinski definition) is 4. The Morgan fingerprint density at radius 1 is 1.60 bits per heavy atom. The van der Waals surface area contributed by atoms with Gasteiger partial charge >= 0.3 is 0 Å². The molecule has 5 nitrogen and oxygen atoms in total. The molecule has 0 aliphatic carbocycles. The summed E-state index contributed by atoms with van der Waals surface area (Å²) in [6, 6.07) is 5.23. The van der Waals surface area contributed by atoms with Crippen molar-refractivity contribution >= 4 is 23.2 Å². The molecule has 110 valence electrons. The van der Waals surface area contributed by atoms with Gasteiger partial charge in [0.2, 0.25) is 5.91 Å². The summed E-state index contributed by atoms with van der Waals surface area (Å²) in [5, 5.41) is 6.68. The molecular formula is C14H19ClN2O3. The van der Waals surface area contributed by atoms with Crippen molar-refractivity contribution in [1.29, 1.82) is 0 Å². The summed E-state index contributed by atoms with van der Waals surface area (Å²) in [6.07, 6.45) is 0.369. The number of carbonyl (C=O) groups excluding carboxylic acids is 1. The number of amides is 1. The second-order valence-electron chi connectivity index (χ2n) is 4.55. The van der Waals surface area contributed by atoms with Gasteiger partial charge in [-0.3, -0.25) is 4.79 Å². The van der Waals surface area contributed by atoms with Crippen LogP contribution in [-0.2, 0) is 9.53 Å². The summed E-state index contributed by atoms with van der Waals surface area (Å²) in [4.78, 5) is 12.0. The molecule has 1 heterocycles. The molecule has 1 aliphatic rings. The fraction of sp³-hybridized carbons (Fsp3) is 0.500. The van der Waals surface area contributed by atoms with Crippen molar-refractivity contribution < 1.29 is 14.3 Å². The lowest BCUT2D eigenvalue weighted by Crippen LogP contribution is -2.43. The highest BCUT2D eigenvalue weighted by molar-refractivity contribution is 6.30. The van der Waals surface area contributed by atoms with Crippen LogP contribution in [0.25, 0.3) is 0 Å². The van der Waals surface area contributed by atoms with Gasteiger partial charge in [0.1, 0.15) is 5.75 Å². The quantitative estimate of drug-likeness (QED) is 0.873. The zero-order valence-corrected chi connectivity index (χ0v) is 12.2. The Morgan fingerprint density at radius 2 is 2.45 bits per heavy atom. The maximum absolute atomic E-state index is 12.0. The zero-order chi connectivity index (χ0) is 14.4. The van der Waals surface area contributed by atoms with E-state index >= 15 is 0 Å². The number of morpholine rings is 1. The molecule has 2 rings (SSSR count). The Labute approximate surface area is 123 Å². The molecule has 0 spiro atoms. The third-order valence-corrected chi connectivity index (χ3v) is 3.18. The second-order valence-corrected chi connectivity index (χ2v) is 4.99. The number of nitrogens with one attached hydrogen (secondary N) is 2. The smallest absolute Gasteiger partial charge is 0.226 e. The number of halogens is 1. The van der Waals surface area contributed by atoms with E-state index in [1.165, 1.54) is 0 Å². The van der Waals surface area contributed by atoms with Gasteiger partial charge in [-0.1, -0.05) is 11.6 Å². The Morgan fingerprint density at radius 3 is 3.15 bits per heavy atom. The van der Waals surface area contributed by atoms with Crippen molar-refractivity contribution in [3.8, 4) is 5.75 Å². The maximum atomic E-state index is 12.0. The minimum absolute atomic E-state index is 0.0617. The highest BCUT2D eigenvalue weighted by Crippen LogP contribution is 2.28. The summed E-state index contributed by atoms with van der Waals surface area (Å²) >= 11 is 5.93. The summed E-state index contributed by atoms with van der Waals surface area (Å²) < 4.78 is 10.8. The van der Waals surface area contributed by atoms with Crippen molar-refractivity contribution in [3.05, 3.63) is 23.2 Å². The molecule has 0 radical (unpaired) electrons. The second kappa shape index (κ2) is 7.47. The number of anilines is 1. The largest absolute Gasteiger partial charge is 0.492 e. The number of carbonyl (C=O) groups is 1. The van der Waals surface area contributed by atoms with Crippen molar-refractivity contribution in [3.63, 3.8) is 0 Å². The molecule has 20 heavy (non-hydrogen) atoms. The van der Waals surface area contributed by atoms with Crippen molar-refractivity contribution in [2.45, 2.75) is 19.4 Å². The summed E-state index contributed by atoms with van der Waals surface area (Å²) in [5.41, 5.74) is 0.637. The van der Waals surface area contributed by atoms with Crippen LogP contribution < -0.4 is 15.4 Å². The fourth-order valence-electron chi connectivity index (χ4n) is 2.05. The summed E-state index contributed by atoms with van der Waals surface area (Å²) in [5.74, 6) is 0.512. The molecule has 0 saturated carbocycles. The first kappa shape index (κ1) is 15.1. The van der Waals surface area contributed by atoms with Gasteiger partial charge in [-0.25, -0.2) is 0 Å². The van der Waals surface area contributed by atoms with Gasteiger partial charge in [-0.2, -0.15) is 0 Å². The first-order valence-corrected chi connectivity index (χ1v) is 7.10. The average Bonchev–Trinajstić information content (AvgIpc) is 2.43. The molecule has 6 heteroatoms. The van der Waals surface area contributed by atoms with E-state index in [2.05, 4.69) is 10.6 Å². The first-order valence-electron chi connectivity index (χ1n) is 6.72. The van der Waals surface area contributed by atoms with Gasteiger partial charge in [-0.15, -0.1) is 0 Å². The average molecular weight is 299 g/mol. The van der Waals surface area contributed by atoms with E-state index in [4.69, 9.17) is 21.1 Å². The molecule has 1 atom stereocenters. The topological polar surface area (TPSA) is 59.6 Å². The van der Waals surface area contributed by atoms with Crippen LogP contribution in [0.1, 0.15) is 13.3 Å². The summed E-state index contributed by atoms with van der Waals surface area (Å²) in [6.45, 7) is 4.44. The fourth-order valence-corrected chi connectivity index (χ4v) is 2.21. The van der Waals surface area contributed by atoms with E-state index in [0.29, 0.717) is 42.7 Å². The lowest BCUT2D eigenvalue weighted by molar-refractivity contribution is -0.117. The minimum atomic E-state index is -0.0729. The minimum Gasteiger partial charge on any atom is -0.492 e. The molecule has 1 fully saturated rings. The molecule has 1 aromatic carbocycles. The van der Waals surface area contributed by atoms with Crippen LogP contribution in [0.4, 0.5) is 5.69 Å². The molecular weight excluding hydrogens is 280 g/mol.